The molecule has 0 atom stereocenters. The van der Waals surface area contributed by atoms with E-state index in [2.05, 4.69) is 20.3 Å². The number of nitrogens with zero attached hydrogens (tertiary/aromatic N) is 7. The highest BCUT2D eigenvalue weighted by Crippen LogP contribution is 2.25. The van der Waals surface area contributed by atoms with Gasteiger partial charge in [0.1, 0.15) is 18.5 Å². The summed E-state index contributed by atoms with van der Waals surface area (Å²) >= 11 is 0. The Bertz CT molecular complexity index is 1300. The molecule has 0 spiro atoms. The van der Waals surface area contributed by atoms with E-state index in [1.165, 1.54) is 40.3 Å². The summed E-state index contributed by atoms with van der Waals surface area (Å²) in [6.45, 7) is 0. The molecule has 0 saturated carbocycles. The second-order valence-electron chi connectivity index (χ2n) is 5.67. The fourth-order valence-corrected chi connectivity index (χ4v) is 2.93. The maximum absolute atomic E-state index is 13.2. The van der Waals surface area contributed by atoms with Crippen LogP contribution in [-0.4, -0.2) is 34.1 Å². The van der Waals surface area contributed by atoms with Crippen LogP contribution in [0.25, 0.3) is 27.7 Å². The lowest BCUT2D eigenvalue weighted by atomic mass is 10.1. The summed E-state index contributed by atoms with van der Waals surface area (Å²) in [5, 5.41) is 12.2. The summed E-state index contributed by atoms with van der Waals surface area (Å²) in [4.78, 5) is 17.2. The predicted octanol–water partition coefficient (Wildman–Crippen LogP) is 1.75. The number of benzene rings is 1. The normalized spacial score (nSPS) is 11.4. The molecule has 4 aromatic heterocycles. The Morgan fingerprint density at radius 1 is 0.962 bits per heavy atom. The van der Waals surface area contributed by atoms with Gasteiger partial charge < -0.3 is 0 Å². The average Bonchev–Trinajstić information content (AvgIpc) is 3.32. The summed E-state index contributed by atoms with van der Waals surface area (Å²) in [5.41, 5.74) is 2.50. The Morgan fingerprint density at radius 3 is 2.50 bits per heavy atom. The van der Waals surface area contributed by atoms with Crippen LogP contribution < -0.4 is 5.56 Å². The number of hydrogen-bond acceptors (Lipinski definition) is 5. The minimum atomic E-state index is -0.307. The second-order valence-corrected chi connectivity index (χ2v) is 5.67. The Kier molecular flexibility index (Phi) is 2.95. The Morgan fingerprint density at radius 2 is 1.73 bits per heavy atom. The third-order valence-corrected chi connectivity index (χ3v) is 4.19. The van der Waals surface area contributed by atoms with Gasteiger partial charge in [0.2, 0.25) is 0 Å². The van der Waals surface area contributed by atoms with Crippen LogP contribution in [0.4, 0.5) is 4.39 Å². The molecule has 0 aliphatic heterocycles. The van der Waals surface area contributed by atoms with Crippen LogP contribution in [0, 0.1) is 5.82 Å². The lowest BCUT2D eigenvalue weighted by molar-refractivity contribution is 0.628. The van der Waals surface area contributed by atoms with Crippen LogP contribution in [0.3, 0.4) is 0 Å². The topological polar surface area (TPSA) is 82.9 Å². The van der Waals surface area contributed by atoms with Crippen molar-refractivity contribution >= 4 is 16.6 Å². The fourth-order valence-electron chi connectivity index (χ4n) is 2.93. The molecule has 126 valence electrons. The van der Waals surface area contributed by atoms with E-state index in [0.717, 1.165) is 11.1 Å². The van der Waals surface area contributed by atoms with E-state index in [1.807, 2.05) is 0 Å². The Hall–Kier alpha value is -3.88. The molecule has 5 aromatic rings. The fraction of sp³-hybridized carbons (Fsp3) is 0. The minimum absolute atomic E-state index is 0.268. The number of fused-ring (bicyclic) bond motifs is 3. The lowest BCUT2D eigenvalue weighted by Crippen LogP contribution is -2.25. The predicted molar refractivity (Wildman–Crippen MR) is 91.0 cm³/mol. The van der Waals surface area contributed by atoms with Crippen molar-refractivity contribution in [3.05, 3.63) is 77.7 Å². The molecule has 0 radical (unpaired) electrons. The van der Waals surface area contributed by atoms with E-state index in [-0.39, 0.29) is 11.4 Å². The Labute approximate surface area is 144 Å². The van der Waals surface area contributed by atoms with Gasteiger partial charge in [-0.2, -0.15) is 5.10 Å². The molecule has 0 N–H and O–H groups in total. The van der Waals surface area contributed by atoms with Crippen LogP contribution in [0.1, 0.15) is 0 Å². The quantitative estimate of drug-likeness (QED) is 0.486. The van der Waals surface area contributed by atoms with Crippen molar-refractivity contribution in [3.63, 3.8) is 0 Å². The monoisotopic (exact) mass is 347 g/mol. The summed E-state index contributed by atoms with van der Waals surface area (Å²) in [5.74, 6) is -0.307. The first-order valence-electron chi connectivity index (χ1n) is 7.72. The standard InChI is InChI=1S/C17H10FN7O/c18-12-3-1-11(2-4-12)13-8-22-25-15-5-6-24(23-9-20-21-10-23)17(26)14(15)7-19-16(13)25/h1-10H. The SMILES string of the molecule is O=c1c2cnc3c(-c4ccc(F)cc4)cnn3c2ccn1-n1cnnc1. The van der Waals surface area contributed by atoms with E-state index < -0.39 is 0 Å². The zero-order chi connectivity index (χ0) is 17.7. The van der Waals surface area contributed by atoms with Gasteiger partial charge in [-0.05, 0) is 23.8 Å². The third-order valence-electron chi connectivity index (χ3n) is 4.19. The molecule has 0 bridgehead atoms. The highest BCUT2D eigenvalue weighted by molar-refractivity contribution is 5.84. The highest BCUT2D eigenvalue weighted by Gasteiger charge is 2.13. The van der Waals surface area contributed by atoms with Gasteiger partial charge in [0.05, 0.1) is 17.1 Å². The largest absolute Gasteiger partial charge is 0.280 e. The number of hydrogen-bond donors (Lipinski definition) is 0. The first kappa shape index (κ1) is 14.5. The summed E-state index contributed by atoms with van der Waals surface area (Å²) < 4.78 is 17.6. The first-order chi connectivity index (χ1) is 12.7. The van der Waals surface area contributed by atoms with Gasteiger partial charge in [-0.15, -0.1) is 10.2 Å². The van der Waals surface area contributed by atoms with Crippen molar-refractivity contribution in [1.82, 2.24) is 34.1 Å². The molecule has 1 aromatic carbocycles. The molecular formula is C17H10FN7O. The highest BCUT2D eigenvalue weighted by atomic mass is 19.1. The summed E-state index contributed by atoms with van der Waals surface area (Å²) in [6.07, 6.45) is 7.65. The Balaban J connectivity index is 1.75. The smallest absolute Gasteiger partial charge is 0.267 e. The maximum Gasteiger partial charge on any atom is 0.280 e. The average molecular weight is 347 g/mol. The van der Waals surface area contributed by atoms with Crippen molar-refractivity contribution in [2.75, 3.05) is 0 Å². The van der Waals surface area contributed by atoms with E-state index in [9.17, 15) is 9.18 Å². The number of halogens is 1. The van der Waals surface area contributed by atoms with Crippen LogP contribution >= 0.6 is 0 Å². The molecule has 0 fully saturated rings. The van der Waals surface area contributed by atoms with Crippen molar-refractivity contribution < 1.29 is 4.39 Å². The molecule has 0 unspecified atom stereocenters. The molecule has 0 aliphatic carbocycles. The van der Waals surface area contributed by atoms with E-state index in [0.29, 0.717) is 16.6 Å². The van der Waals surface area contributed by atoms with Crippen molar-refractivity contribution in [2.24, 2.45) is 0 Å². The van der Waals surface area contributed by atoms with Gasteiger partial charge in [-0.1, -0.05) is 12.1 Å². The number of pyridine rings is 1. The lowest BCUT2D eigenvalue weighted by Gasteiger charge is -2.07. The van der Waals surface area contributed by atoms with Gasteiger partial charge in [-0.3, -0.25) is 4.79 Å². The first-order valence-corrected chi connectivity index (χ1v) is 7.72. The van der Waals surface area contributed by atoms with E-state index >= 15 is 0 Å². The molecule has 0 aliphatic rings. The molecule has 4 heterocycles. The summed E-state index contributed by atoms with van der Waals surface area (Å²) in [7, 11) is 0. The zero-order valence-electron chi connectivity index (χ0n) is 13.2. The molecule has 8 nitrogen and oxygen atoms in total. The van der Waals surface area contributed by atoms with Crippen LogP contribution in [-0.2, 0) is 0 Å². The molecular weight excluding hydrogens is 337 g/mol. The molecule has 5 rings (SSSR count). The van der Waals surface area contributed by atoms with Gasteiger partial charge >= 0.3 is 0 Å². The number of rotatable bonds is 2. The molecule has 0 amide bonds. The number of aromatic nitrogens is 7. The van der Waals surface area contributed by atoms with E-state index in [1.54, 1.807) is 35.1 Å². The van der Waals surface area contributed by atoms with Crippen molar-refractivity contribution in [1.29, 1.82) is 0 Å². The summed E-state index contributed by atoms with van der Waals surface area (Å²) in [6, 6.07) is 7.88. The zero-order valence-corrected chi connectivity index (χ0v) is 13.2. The molecule has 9 heteroatoms. The van der Waals surface area contributed by atoms with Crippen LogP contribution in [0.2, 0.25) is 0 Å². The van der Waals surface area contributed by atoms with Crippen molar-refractivity contribution in [3.8, 4) is 11.1 Å². The van der Waals surface area contributed by atoms with Crippen molar-refractivity contribution in [2.45, 2.75) is 0 Å². The van der Waals surface area contributed by atoms with Crippen LogP contribution in [0.15, 0.2) is 66.4 Å². The van der Waals surface area contributed by atoms with Gasteiger partial charge in [0, 0.05) is 18.0 Å². The molecule has 0 saturated heterocycles. The van der Waals surface area contributed by atoms with Gasteiger partial charge in [0.25, 0.3) is 5.56 Å². The van der Waals surface area contributed by atoms with Gasteiger partial charge in [-0.25, -0.2) is 23.2 Å². The van der Waals surface area contributed by atoms with Gasteiger partial charge in [0.15, 0.2) is 5.65 Å². The second kappa shape index (κ2) is 5.31. The molecule has 26 heavy (non-hydrogen) atoms. The minimum Gasteiger partial charge on any atom is -0.267 e. The maximum atomic E-state index is 13.2. The van der Waals surface area contributed by atoms with E-state index in [4.69, 9.17) is 0 Å². The van der Waals surface area contributed by atoms with Crippen LogP contribution in [0.5, 0.6) is 0 Å². The third kappa shape index (κ3) is 2.04.